The normalized spacial score (nSPS) is 22.8. The number of likely N-dealkylation sites (tertiary alicyclic amines) is 1. The van der Waals surface area contributed by atoms with Crippen LogP contribution in [0, 0.1) is 0 Å². The minimum absolute atomic E-state index is 0.161. The van der Waals surface area contributed by atoms with Crippen molar-refractivity contribution in [1.82, 2.24) is 15.0 Å². The number of hydrogen-bond acceptors (Lipinski definition) is 5. The molecule has 0 radical (unpaired) electrons. The standard InChI is InChI=1S/C14H23N3O3/c1-4-5-11-8-12(15-20-11)13(18)17-7-6-14(19,10-17)9-16(2)3/h8,19H,4-7,9-10H2,1-3H3/t14-/m1/s1. The summed E-state index contributed by atoms with van der Waals surface area (Å²) in [5.41, 5.74) is -0.489. The number of aryl methyl sites for hydroxylation is 1. The quantitative estimate of drug-likeness (QED) is 0.863. The highest BCUT2D eigenvalue weighted by Crippen LogP contribution is 2.23. The Balaban J connectivity index is 2.00. The minimum atomic E-state index is -0.824. The average molecular weight is 281 g/mol. The molecule has 6 nitrogen and oxygen atoms in total. The van der Waals surface area contributed by atoms with E-state index in [1.807, 2.05) is 25.9 Å². The third-order valence-corrected chi connectivity index (χ3v) is 3.50. The van der Waals surface area contributed by atoms with E-state index in [1.54, 1.807) is 11.0 Å². The van der Waals surface area contributed by atoms with Crippen molar-refractivity contribution in [3.8, 4) is 0 Å². The van der Waals surface area contributed by atoms with Crippen LogP contribution in [-0.4, -0.2) is 65.3 Å². The number of rotatable bonds is 5. The van der Waals surface area contributed by atoms with Gasteiger partial charge in [-0.25, -0.2) is 0 Å². The largest absolute Gasteiger partial charge is 0.387 e. The summed E-state index contributed by atoms with van der Waals surface area (Å²) < 4.78 is 5.13. The molecule has 0 aliphatic carbocycles. The van der Waals surface area contributed by atoms with Gasteiger partial charge in [-0.1, -0.05) is 12.1 Å². The lowest BCUT2D eigenvalue weighted by atomic mass is 10.0. The summed E-state index contributed by atoms with van der Waals surface area (Å²) in [7, 11) is 3.83. The smallest absolute Gasteiger partial charge is 0.276 e. The van der Waals surface area contributed by atoms with Gasteiger partial charge in [0.1, 0.15) is 5.76 Å². The van der Waals surface area contributed by atoms with E-state index in [0.29, 0.717) is 31.7 Å². The Morgan fingerprint density at radius 2 is 2.35 bits per heavy atom. The third-order valence-electron chi connectivity index (χ3n) is 3.50. The van der Waals surface area contributed by atoms with Crippen LogP contribution in [0.3, 0.4) is 0 Å². The van der Waals surface area contributed by atoms with Crippen LogP contribution in [0.15, 0.2) is 10.6 Å². The second-order valence-electron chi connectivity index (χ2n) is 5.87. The lowest BCUT2D eigenvalue weighted by molar-refractivity contribution is 0.0234. The monoisotopic (exact) mass is 281 g/mol. The molecular formula is C14H23N3O3. The van der Waals surface area contributed by atoms with Crippen molar-refractivity contribution >= 4 is 5.91 Å². The Bertz CT molecular complexity index is 472. The highest BCUT2D eigenvalue weighted by molar-refractivity contribution is 5.92. The first kappa shape index (κ1) is 15.0. The van der Waals surface area contributed by atoms with Gasteiger partial charge in [-0.2, -0.15) is 0 Å². The zero-order chi connectivity index (χ0) is 14.8. The van der Waals surface area contributed by atoms with E-state index < -0.39 is 5.60 Å². The summed E-state index contributed by atoms with van der Waals surface area (Å²) in [6, 6.07) is 1.70. The number of aromatic nitrogens is 1. The molecule has 1 fully saturated rings. The van der Waals surface area contributed by atoms with Gasteiger partial charge in [-0.05, 0) is 26.9 Å². The van der Waals surface area contributed by atoms with Crippen molar-refractivity contribution in [1.29, 1.82) is 0 Å². The minimum Gasteiger partial charge on any atom is -0.387 e. The predicted molar refractivity (Wildman–Crippen MR) is 74.5 cm³/mol. The van der Waals surface area contributed by atoms with Crippen LogP contribution in [-0.2, 0) is 6.42 Å². The summed E-state index contributed by atoms with van der Waals surface area (Å²) in [5, 5.41) is 14.3. The maximum absolute atomic E-state index is 12.3. The predicted octanol–water partition coefficient (Wildman–Crippen LogP) is 0.766. The number of nitrogens with zero attached hydrogens (tertiary/aromatic N) is 3. The van der Waals surface area contributed by atoms with Crippen molar-refractivity contribution in [2.24, 2.45) is 0 Å². The summed E-state index contributed by atoms with van der Waals surface area (Å²) >= 11 is 0. The Labute approximate surface area is 119 Å². The number of carbonyl (C=O) groups excluding carboxylic acids is 1. The second-order valence-corrected chi connectivity index (χ2v) is 5.87. The van der Waals surface area contributed by atoms with Crippen molar-refractivity contribution in [3.63, 3.8) is 0 Å². The third kappa shape index (κ3) is 3.37. The lowest BCUT2D eigenvalue weighted by Gasteiger charge is -2.26. The molecule has 0 saturated carbocycles. The number of carbonyl (C=O) groups is 1. The highest BCUT2D eigenvalue weighted by atomic mass is 16.5. The number of β-amino-alcohol motifs (C(OH)–C–C–N with tert-alkyl or cyclic N) is 1. The molecule has 0 aromatic carbocycles. The number of likely N-dealkylation sites (N-methyl/N-ethyl adjacent to an activating group) is 1. The molecule has 0 bridgehead atoms. The second kappa shape index (κ2) is 5.93. The number of hydrogen-bond donors (Lipinski definition) is 1. The molecule has 0 unspecified atom stereocenters. The SMILES string of the molecule is CCCc1cc(C(=O)N2CC[C@@](O)(CN(C)C)C2)no1. The molecule has 1 atom stereocenters. The van der Waals surface area contributed by atoms with E-state index in [1.165, 1.54) is 0 Å². The fourth-order valence-corrected chi connectivity index (χ4v) is 2.69. The summed E-state index contributed by atoms with van der Waals surface area (Å²) in [6.07, 6.45) is 2.33. The molecule has 2 heterocycles. The summed E-state index contributed by atoms with van der Waals surface area (Å²) in [4.78, 5) is 15.9. The Morgan fingerprint density at radius 3 is 3.00 bits per heavy atom. The van der Waals surface area contributed by atoms with Gasteiger partial charge in [0.05, 0.1) is 12.1 Å². The van der Waals surface area contributed by atoms with Crippen LogP contribution in [0.2, 0.25) is 0 Å². The van der Waals surface area contributed by atoms with Crippen LogP contribution in [0.1, 0.15) is 36.0 Å². The maximum Gasteiger partial charge on any atom is 0.276 e. The first-order valence-corrected chi connectivity index (χ1v) is 7.05. The van der Waals surface area contributed by atoms with Crippen LogP contribution >= 0.6 is 0 Å². The zero-order valence-electron chi connectivity index (χ0n) is 12.4. The van der Waals surface area contributed by atoms with Crippen LogP contribution in [0.4, 0.5) is 0 Å². The van der Waals surface area contributed by atoms with Crippen molar-refractivity contribution < 1.29 is 14.4 Å². The van der Waals surface area contributed by atoms with Gasteiger partial charge in [0, 0.05) is 25.6 Å². The summed E-state index contributed by atoms with van der Waals surface area (Å²) in [6.45, 7) is 3.50. The molecule has 20 heavy (non-hydrogen) atoms. The fourth-order valence-electron chi connectivity index (χ4n) is 2.69. The molecule has 1 aliphatic rings. The lowest BCUT2D eigenvalue weighted by Crippen LogP contribution is -2.43. The fraction of sp³-hybridized carbons (Fsp3) is 0.714. The Kier molecular flexibility index (Phi) is 4.45. The van der Waals surface area contributed by atoms with E-state index in [0.717, 1.165) is 18.6 Å². The van der Waals surface area contributed by atoms with Gasteiger partial charge in [-0.3, -0.25) is 4.79 Å². The van der Waals surface area contributed by atoms with E-state index in [9.17, 15) is 9.90 Å². The maximum atomic E-state index is 12.3. The zero-order valence-corrected chi connectivity index (χ0v) is 12.4. The van der Waals surface area contributed by atoms with Crippen molar-refractivity contribution in [2.45, 2.75) is 31.8 Å². The molecule has 1 saturated heterocycles. The highest BCUT2D eigenvalue weighted by Gasteiger charge is 2.39. The topological polar surface area (TPSA) is 69.8 Å². The molecule has 1 aromatic rings. The molecule has 2 rings (SSSR count). The molecule has 0 spiro atoms. The van der Waals surface area contributed by atoms with Crippen LogP contribution in [0.25, 0.3) is 0 Å². The molecule has 1 N–H and O–H groups in total. The van der Waals surface area contributed by atoms with E-state index in [-0.39, 0.29) is 5.91 Å². The van der Waals surface area contributed by atoms with Gasteiger partial charge >= 0.3 is 0 Å². The molecule has 1 aromatic heterocycles. The molecule has 112 valence electrons. The Hall–Kier alpha value is -1.40. The first-order valence-electron chi connectivity index (χ1n) is 7.05. The van der Waals surface area contributed by atoms with Crippen LogP contribution in [0.5, 0.6) is 0 Å². The molecular weight excluding hydrogens is 258 g/mol. The van der Waals surface area contributed by atoms with Crippen molar-refractivity contribution in [3.05, 3.63) is 17.5 Å². The average Bonchev–Trinajstić information content (AvgIpc) is 2.95. The molecule has 1 aliphatic heterocycles. The van der Waals surface area contributed by atoms with Gasteiger partial charge in [0.25, 0.3) is 5.91 Å². The van der Waals surface area contributed by atoms with E-state index in [4.69, 9.17) is 4.52 Å². The van der Waals surface area contributed by atoms with E-state index in [2.05, 4.69) is 5.16 Å². The Morgan fingerprint density at radius 1 is 1.60 bits per heavy atom. The van der Waals surface area contributed by atoms with Gasteiger partial charge in [-0.15, -0.1) is 0 Å². The van der Waals surface area contributed by atoms with Gasteiger partial charge < -0.3 is 19.4 Å². The van der Waals surface area contributed by atoms with Gasteiger partial charge in [0.2, 0.25) is 0 Å². The number of amides is 1. The number of aliphatic hydroxyl groups is 1. The molecule has 1 amide bonds. The first-order chi connectivity index (χ1) is 9.43. The van der Waals surface area contributed by atoms with Gasteiger partial charge in [0.15, 0.2) is 5.69 Å². The van der Waals surface area contributed by atoms with E-state index >= 15 is 0 Å². The summed E-state index contributed by atoms with van der Waals surface area (Å²) in [5.74, 6) is 0.574. The molecule has 6 heteroatoms. The van der Waals surface area contributed by atoms with Crippen LogP contribution < -0.4 is 0 Å². The van der Waals surface area contributed by atoms with Crippen molar-refractivity contribution in [2.75, 3.05) is 33.7 Å².